The minimum Gasteiger partial charge on any atom is -0.469 e. The summed E-state index contributed by atoms with van der Waals surface area (Å²) in [5.41, 5.74) is 5.07. The first-order chi connectivity index (χ1) is 8.95. The lowest BCUT2D eigenvalue weighted by atomic mass is 10.1. The first-order valence-corrected chi connectivity index (χ1v) is 5.57. The molecule has 0 spiro atoms. The molecule has 1 saturated heterocycles. The van der Waals surface area contributed by atoms with Crippen LogP contribution in [0.3, 0.4) is 0 Å². The van der Waals surface area contributed by atoms with Gasteiger partial charge >= 0.3 is 5.97 Å². The molecule has 0 aliphatic carbocycles. The zero-order valence-corrected chi connectivity index (χ0v) is 10.2. The van der Waals surface area contributed by atoms with Crippen molar-refractivity contribution in [3.05, 3.63) is 23.8 Å². The van der Waals surface area contributed by atoms with Gasteiger partial charge in [-0.3, -0.25) is 9.59 Å². The van der Waals surface area contributed by atoms with E-state index in [1.807, 2.05) is 0 Å². The fourth-order valence-electron chi connectivity index (χ4n) is 2.06. The molecule has 1 atom stereocenters. The van der Waals surface area contributed by atoms with Crippen LogP contribution in [-0.2, 0) is 14.3 Å². The Bertz CT molecular complexity index is 548. The van der Waals surface area contributed by atoms with E-state index in [-0.39, 0.29) is 24.6 Å². The predicted octanol–water partition coefficient (Wildman–Crippen LogP) is 1.07. The summed E-state index contributed by atoms with van der Waals surface area (Å²) < 4.78 is 30.9. The molecule has 5 nitrogen and oxygen atoms in total. The van der Waals surface area contributed by atoms with Crippen LogP contribution in [0.15, 0.2) is 12.1 Å². The zero-order chi connectivity index (χ0) is 14.2. The maximum atomic E-state index is 13.4. The summed E-state index contributed by atoms with van der Waals surface area (Å²) in [4.78, 5) is 24.3. The fraction of sp³-hybridized carbons (Fsp3) is 0.333. The van der Waals surface area contributed by atoms with E-state index < -0.39 is 29.2 Å². The maximum absolute atomic E-state index is 13.4. The van der Waals surface area contributed by atoms with Crippen LogP contribution in [0.2, 0.25) is 0 Å². The number of methoxy groups -OCH3 is 1. The number of rotatable bonds is 2. The van der Waals surface area contributed by atoms with Gasteiger partial charge in [-0.2, -0.15) is 0 Å². The highest BCUT2D eigenvalue weighted by molar-refractivity contribution is 6.01. The zero-order valence-electron chi connectivity index (χ0n) is 10.2. The third-order valence-electron chi connectivity index (χ3n) is 3.06. The molecule has 0 aromatic heterocycles. The molecule has 1 aromatic carbocycles. The van der Waals surface area contributed by atoms with Crippen molar-refractivity contribution in [2.24, 2.45) is 5.92 Å². The molecule has 0 bridgehead atoms. The second kappa shape index (κ2) is 4.83. The van der Waals surface area contributed by atoms with E-state index in [1.54, 1.807) is 0 Å². The average molecular weight is 270 g/mol. The van der Waals surface area contributed by atoms with Crippen LogP contribution >= 0.6 is 0 Å². The smallest absolute Gasteiger partial charge is 0.311 e. The Morgan fingerprint density at radius 3 is 2.79 bits per heavy atom. The topological polar surface area (TPSA) is 72.6 Å². The summed E-state index contributed by atoms with van der Waals surface area (Å²) in [6, 6.07) is 2.10. The standard InChI is InChI=1S/C12H12F2N2O3/c1-19-12(18)6-4-9(17)16(5-6)8-3-2-7(13)10(14)11(8)15/h2-3,6H,4-5,15H2,1H3. The molecular weight excluding hydrogens is 258 g/mol. The summed E-state index contributed by atoms with van der Waals surface area (Å²) in [6.07, 6.45) is -0.0366. The number of hydrogen-bond donors (Lipinski definition) is 1. The molecule has 1 amide bonds. The number of nitrogens with zero attached hydrogens (tertiary/aromatic N) is 1. The van der Waals surface area contributed by atoms with Crippen molar-refractivity contribution in [1.82, 2.24) is 0 Å². The minimum atomic E-state index is -1.20. The van der Waals surface area contributed by atoms with E-state index >= 15 is 0 Å². The predicted molar refractivity (Wildman–Crippen MR) is 63.2 cm³/mol. The molecule has 1 fully saturated rings. The molecule has 102 valence electrons. The van der Waals surface area contributed by atoms with E-state index in [0.717, 1.165) is 6.07 Å². The van der Waals surface area contributed by atoms with Crippen LogP contribution in [0.4, 0.5) is 20.2 Å². The SMILES string of the molecule is COC(=O)C1CC(=O)N(c2ccc(F)c(F)c2N)C1. The molecule has 7 heteroatoms. The molecular formula is C12H12F2N2O3. The van der Waals surface area contributed by atoms with Crippen LogP contribution in [-0.4, -0.2) is 25.5 Å². The first kappa shape index (κ1) is 13.3. The molecule has 1 unspecified atom stereocenters. The maximum Gasteiger partial charge on any atom is 0.311 e. The highest BCUT2D eigenvalue weighted by Crippen LogP contribution is 2.32. The van der Waals surface area contributed by atoms with E-state index in [4.69, 9.17) is 5.73 Å². The van der Waals surface area contributed by atoms with Gasteiger partial charge in [0.25, 0.3) is 0 Å². The molecule has 1 heterocycles. The van der Waals surface area contributed by atoms with E-state index in [9.17, 15) is 18.4 Å². The highest BCUT2D eigenvalue weighted by atomic mass is 19.2. The number of halogens is 2. The Labute approximate surface area is 107 Å². The van der Waals surface area contributed by atoms with E-state index in [2.05, 4.69) is 4.74 Å². The van der Waals surface area contributed by atoms with Crippen molar-refractivity contribution in [3.63, 3.8) is 0 Å². The number of ether oxygens (including phenoxy) is 1. The lowest BCUT2D eigenvalue weighted by Gasteiger charge is -2.18. The van der Waals surface area contributed by atoms with Gasteiger partial charge in [0.15, 0.2) is 11.6 Å². The molecule has 2 N–H and O–H groups in total. The van der Waals surface area contributed by atoms with Crippen LogP contribution in [0.1, 0.15) is 6.42 Å². The summed E-state index contributed by atoms with van der Waals surface area (Å²) >= 11 is 0. The largest absolute Gasteiger partial charge is 0.469 e. The summed E-state index contributed by atoms with van der Waals surface area (Å²) in [7, 11) is 1.22. The molecule has 19 heavy (non-hydrogen) atoms. The van der Waals surface area contributed by atoms with Gasteiger partial charge in [0.05, 0.1) is 24.4 Å². The van der Waals surface area contributed by atoms with Crippen molar-refractivity contribution in [3.8, 4) is 0 Å². The van der Waals surface area contributed by atoms with Gasteiger partial charge in [-0.15, -0.1) is 0 Å². The number of amides is 1. The lowest BCUT2D eigenvalue weighted by molar-refractivity contribution is -0.145. The van der Waals surface area contributed by atoms with Crippen molar-refractivity contribution in [2.75, 3.05) is 24.3 Å². The quantitative estimate of drug-likeness (QED) is 0.644. The Morgan fingerprint density at radius 1 is 1.47 bits per heavy atom. The molecule has 0 radical (unpaired) electrons. The van der Waals surface area contributed by atoms with Crippen LogP contribution in [0, 0.1) is 17.6 Å². The number of benzene rings is 1. The fourth-order valence-corrected chi connectivity index (χ4v) is 2.06. The number of carbonyl (C=O) groups is 2. The van der Waals surface area contributed by atoms with Gasteiger partial charge in [0.2, 0.25) is 5.91 Å². The second-order valence-corrected chi connectivity index (χ2v) is 4.22. The van der Waals surface area contributed by atoms with Gasteiger partial charge in [0.1, 0.15) is 0 Å². The number of carbonyl (C=O) groups excluding carboxylic acids is 2. The third kappa shape index (κ3) is 2.23. The van der Waals surface area contributed by atoms with Crippen molar-refractivity contribution in [1.29, 1.82) is 0 Å². The van der Waals surface area contributed by atoms with E-state index in [0.29, 0.717) is 0 Å². The Hall–Kier alpha value is -2.18. The second-order valence-electron chi connectivity index (χ2n) is 4.22. The van der Waals surface area contributed by atoms with Crippen LogP contribution in [0.25, 0.3) is 0 Å². The van der Waals surface area contributed by atoms with Crippen molar-refractivity contribution in [2.45, 2.75) is 6.42 Å². The van der Waals surface area contributed by atoms with Gasteiger partial charge in [-0.1, -0.05) is 0 Å². The Morgan fingerprint density at radius 2 is 2.16 bits per heavy atom. The highest BCUT2D eigenvalue weighted by Gasteiger charge is 2.37. The number of anilines is 2. The van der Waals surface area contributed by atoms with Crippen molar-refractivity contribution >= 4 is 23.3 Å². The summed E-state index contributed by atoms with van der Waals surface area (Å²) in [5, 5.41) is 0. The monoisotopic (exact) mass is 270 g/mol. The molecule has 2 rings (SSSR count). The third-order valence-corrected chi connectivity index (χ3v) is 3.06. The molecule has 1 aliphatic heterocycles. The summed E-state index contributed by atoms with van der Waals surface area (Å²) in [5.74, 6) is -3.81. The van der Waals surface area contributed by atoms with E-state index in [1.165, 1.54) is 18.1 Å². The van der Waals surface area contributed by atoms with Gasteiger partial charge in [0, 0.05) is 13.0 Å². The Balaban J connectivity index is 2.31. The van der Waals surface area contributed by atoms with Gasteiger partial charge in [-0.05, 0) is 12.1 Å². The minimum absolute atomic E-state index is 0.0366. The number of nitrogens with two attached hydrogens (primary N) is 1. The molecule has 0 saturated carbocycles. The number of hydrogen-bond acceptors (Lipinski definition) is 4. The van der Waals surface area contributed by atoms with Crippen molar-refractivity contribution < 1.29 is 23.1 Å². The molecule has 1 aromatic rings. The van der Waals surface area contributed by atoms with Gasteiger partial charge < -0.3 is 15.4 Å². The Kier molecular flexibility index (Phi) is 3.37. The lowest BCUT2D eigenvalue weighted by Crippen LogP contribution is -2.27. The average Bonchev–Trinajstić information content (AvgIpc) is 2.77. The first-order valence-electron chi connectivity index (χ1n) is 5.57. The molecule has 1 aliphatic rings. The van der Waals surface area contributed by atoms with Crippen LogP contribution in [0.5, 0.6) is 0 Å². The van der Waals surface area contributed by atoms with Gasteiger partial charge in [-0.25, -0.2) is 8.78 Å². The van der Waals surface area contributed by atoms with Crippen LogP contribution < -0.4 is 10.6 Å². The summed E-state index contributed by atoms with van der Waals surface area (Å²) in [6.45, 7) is 0.0424. The normalized spacial score (nSPS) is 18.8. The number of esters is 1. The number of nitrogen functional groups attached to an aromatic ring is 1.